The average Bonchev–Trinajstić information content (AvgIpc) is 2.29. The lowest BCUT2D eigenvalue weighted by atomic mass is 9.98. The predicted octanol–water partition coefficient (Wildman–Crippen LogP) is 1.61. The van der Waals surface area contributed by atoms with Gasteiger partial charge >= 0.3 is 0 Å². The Labute approximate surface area is 101 Å². The Morgan fingerprint density at radius 2 is 2.12 bits per heavy atom. The predicted molar refractivity (Wildman–Crippen MR) is 68.3 cm³/mol. The molecule has 0 aliphatic carbocycles. The van der Waals surface area contributed by atoms with Gasteiger partial charge in [0, 0.05) is 24.6 Å². The van der Waals surface area contributed by atoms with Crippen LogP contribution in [0.15, 0.2) is 36.8 Å². The molecule has 17 heavy (non-hydrogen) atoms. The number of nitrogens with two attached hydrogens (primary N) is 2. The summed E-state index contributed by atoms with van der Waals surface area (Å²) in [7, 11) is 0. The summed E-state index contributed by atoms with van der Waals surface area (Å²) in [5.41, 5.74) is 15.1. The summed E-state index contributed by atoms with van der Waals surface area (Å²) in [6.07, 6.45) is 6.03. The number of hydrogen-bond acceptors (Lipinski definition) is 4. The van der Waals surface area contributed by atoms with Gasteiger partial charge in [-0.2, -0.15) is 0 Å². The van der Waals surface area contributed by atoms with Crippen molar-refractivity contribution in [1.82, 2.24) is 9.97 Å². The van der Waals surface area contributed by atoms with E-state index in [2.05, 4.69) is 9.97 Å². The Morgan fingerprint density at radius 3 is 2.82 bits per heavy atom. The first-order valence-electron chi connectivity index (χ1n) is 5.53. The molecule has 2 rings (SSSR count). The van der Waals surface area contributed by atoms with Gasteiger partial charge in [0.2, 0.25) is 0 Å². The molecule has 2 aromatic heterocycles. The van der Waals surface area contributed by atoms with E-state index in [-0.39, 0.29) is 6.04 Å². The first kappa shape index (κ1) is 11.5. The number of aryl methyl sites for hydroxylation is 1. The molecule has 1 atom stereocenters. The molecule has 4 N–H and O–H groups in total. The number of anilines is 1. The highest BCUT2D eigenvalue weighted by Crippen LogP contribution is 2.18. The van der Waals surface area contributed by atoms with Crippen LogP contribution in [0.2, 0.25) is 0 Å². The lowest BCUT2D eigenvalue weighted by Crippen LogP contribution is -2.15. The van der Waals surface area contributed by atoms with Gasteiger partial charge < -0.3 is 11.5 Å². The Morgan fingerprint density at radius 1 is 1.29 bits per heavy atom. The summed E-state index contributed by atoms with van der Waals surface area (Å²) in [6.45, 7) is 2.04. The van der Waals surface area contributed by atoms with Crippen molar-refractivity contribution in [3.05, 3.63) is 53.5 Å². The normalized spacial score (nSPS) is 12.4. The van der Waals surface area contributed by atoms with E-state index in [9.17, 15) is 0 Å². The number of nitrogens with zero attached hydrogens (tertiary/aromatic N) is 2. The highest BCUT2D eigenvalue weighted by Gasteiger charge is 2.10. The van der Waals surface area contributed by atoms with Crippen LogP contribution in [-0.2, 0) is 6.42 Å². The molecular weight excluding hydrogens is 212 g/mol. The fourth-order valence-electron chi connectivity index (χ4n) is 1.85. The summed E-state index contributed by atoms with van der Waals surface area (Å²) in [5.74, 6) is 0.526. The molecule has 0 saturated heterocycles. The second-order valence-corrected chi connectivity index (χ2v) is 4.13. The zero-order valence-electron chi connectivity index (χ0n) is 9.80. The second kappa shape index (κ2) is 4.93. The highest BCUT2D eigenvalue weighted by atomic mass is 14.8. The molecule has 2 heterocycles. The maximum absolute atomic E-state index is 6.18. The van der Waals surface area contributed by atoms with E-state index in [1.54, 1.807) is 12.4 Å². The van der Waals surface area contributed by atoms with Crippen LogP contribution >= 0.6 is 0 Å². The number of rotatable bonds is 3. The fraction of sp³-hybridized carbons (Fsp3) is 0.231. The van der Waals surface area contributed by atoms with E-state index >= 15 is 0 Å². The van der Waals surface area contributed by atoms with Crippen molar-refractivity contribution in [1.29, 1.82) is 0 Å². The molecular formula is C13H16N4. The van der Waals surface area contributed by atoms with E-state index in [0.717, 1.165) is 23.1 Å². The standard InChI is InChI=1S/C13H16N4/c1-9-2-4-16-8-11(9)12(14)6-10-3-5-17-13(15)7-10/h2-5,7-8,12H,6,14H2,1H3,(H2,15,17). The van der Waals surface area contributed by atoms with Gasteiger partial charge in [0.15, 0.2) is 0 Å². The molecule has 0 amide bonds. The van der Waals surface area contributed by atoms with Crippen molar-refractivity contribution in [3.63, 3.8) is 0 Å². The zero-order chi connectivity index (χ0) is 12.3. The van der Waals surface area contributed by atoms with Gasteiger partial charge in [-0.05, 0) is 48.2 Å². The molecule has 0 aromatic carbocycles. The SMILES string of the molecule is Cc1ccncc1C(N)Cc1ccnc(N)c1. The van der Waals surface area contributed by atoms with Crippen LogP contribution in [0.25, 0.3) is 0 Å². The summed E-state index contributed by atoms with van der Waals surface area (Å²) >= 11 is 0. The smallest absolute Gasteiger partial charge is 0.123 e. The molecule has 0 bridgehead atoms. The molecule has 0 aliphatic heterocycles. The number of pyridine rings is 2. The molecule has 0 fully saturated rings. The molecule has 0 aliphatic rings. The Bertz CT molecular complexity index is 510. The van der Waals surface area contributed by atoms with Crippen molar-refractivity contribution in [2.75, 3.05) is 5.73 Å². The molecule has 4 nitrogen and oxygen atoms in total. The van der Waals surface area contributed by atoms with Gasteiger partial charge in [0.25, 0.3) is 0 Å². The molecule has 0 spiro atoms. The van der Waals surface area contributed by atoms with E-state index in [1.165, 1.54) is 0 Å². The minimum Gasteiger partial charge on any atom is -0.384 e. The monoisotopic (exact) mass is 228 g/mol. The maximum atomic E-state index is 6.18. The Kier molecular flexibility index (Phi) is 3.35. The summed E-state index contributed by atoms with van der Waals surface area (Å²) in [4.78, 5) is 8.07. The van der Waals surface area contributed by atoms with Gasteiger partial charge in [-0.3, -0.25) is 4.98 Å². The minimum atomic E-state index is -0.0644. The maximum Gasteiger partial charge on any atom is 0.123 e. The third-order valence-electron chi connectivity index (χ3n) is 2.78. The lowest BCUT2D eigenvalue weighted by molar-refractivity contribution is 0.712. The largest absolute Gasteiger partial charge is 0.384 e. The van der Waals surface area contributed by atoms with Gasteiger partial charge in [0.05, 0.1) is 0 Å². The van der Waals surface area contributed by atoms with Crippen LogP contribution in [0.3, 0.4) is 0 Å². The third kappa shape index (κ3) is 2.79. The van der Waals surface area contributed by atoms with E-state index < -0.39 is 0 Å². The van der Waals surface area contributed by atoms with Crippen molar-refractivity contribution >= 4 is 5.82 Å². The molecule has 1 unspecified atom stereocenters. The summed E-state index contributed by atoms with van der Waals surface area (Å²) in [5, 5.41) is 0. The molecule has 0 saturated carbocycles. The summed E-state index contributed by atoms with van der Waals surface area (Å²) in [6, 6.07) is 5.69. The quantitative estimate of drug-likeness (QED) is 0.836. The average molecular weight is 228 g/mol. The zero-order valence-corrected chi connectivity index (χ0v) is 9.80. The van der Waals surface area contributed by atoms with E-state index in [0.29, 0.717) is 5.82 Å². The Balaban J connectivity index is 2.17. The summed E-state index contributed by atoms with van der Waals surface area (Å²) < 4.78 is 0. The molecule has 2 aromatic rings. The first-order valence-corrected chi connectivity index (χ1v) is 5.53. The minimum absolute atomic E-state index is 0.0644. The lowest BCUT2D eigenvalue weighted by Gasteiger charge is -2.14. The third-order valence-corrected chi connectivity index (χ3v) is 2.78. The molecule has 0 radical (unpaired) electrons. The van der Waals surface area contributed by atoms with Crippen molar-refractivity contribution < 1.29 is 0 Å². The van der Waals surface area contributed by atoms with Crippen LogP contribution < -0.4 is 11.5 Å². The van der Waals surface area contributed by atoms with E-state index in [4.69, 9.17) is 11.5 Å². The second-order valence-electron chi connectivity index (χ2n) is 4.13. The number of aromatic nitrogens is 2. The number of hydrogen-bond donors (Lipinski definition) is 2. The van der Waals surface area contributed by atoms with Gasteiger partial charge in [-0.25, -0.2) is 4.98 Å². The van der Waals surface area contributed by atoms with Crippen molar-refractivity contribution in [2.45, 2.75) is 19.4 Å². The first-order chi connectivity index (χ1) is 8.16. The molecule has 4 heteroatoms. The van der Waals surface area contributed by atoms with Crippen LogP contribution in [0.5, 0.6) is 0 Å². The van der Waals surface area contributed by atoms with Gasteiger partial charge in [-0.15, -0.1) is 0 Å². The van der Waals surface area contributed by atoms with Gasteiger partial charge in [-0.1, -0.05) is 0 Å². The van der Waals surface area contributed by atoms with Crippen LogP contribution in [0, 0.1) is 6.92 Å². The topological polar surface area (TPSA) is 77.8 Å². The van der Waals surface area contributed by atoms with Crippen LogP contribution in [0.1, 0.15) is 22.7 Å². The van der Waals surface area contributed by atoms with Crippen molar-refractivity contribution in [2.24, 2.45) is 5.73 Å². The van der Waals surface area contributed by atoms with Crippen LogP contribution in [0.4, 0.5) is 5.82 Å². The van der Waals surface area contributed by atoms with E-state index in [1.807, 2.05) is 31.3 Å². The fourth-order valence-corrected chi connectivity index (χ4v) is 1.85. The Hall–Kier alpha value is -1.94. The van der Waals surface area contributed by atoms with Crippen LogP contribution in [-0.4, -0.2) is 9.97 Å². The van der Waals surface area contributed by atoms with Gasteiger partial charge in [0.1, 0.15) is 5.82 Å². The molecule has 88 valence electrons. The number of nitrogen functional groups attached to an aromatic ring is 1. The highest BCUT2D eigenvalue weighted by molar-refractivity contribution is 5.34. The van der Waals surface area contributed by atoms with Crippen molar-refractivity contribution in [3.8, 4) is 0 Å².